The normalized spacial score (nSPS) is 35.2. The fourth-order valence-electron chi connectivity index (χ4n) is 5.36. The highest BCUT2D eigenvalue weighted by Crippen LogP contribution is 2.56. The van der Waals surface area contributed by atoms with Crippen LogP contribution in [0, 0.1) is 5.92 Å². The van der Waals surface area contributed by atoms with Crippen molar-refractivity contribution in [3.63, 3.8) is 0 Å². The standard InChI is InChI=1S/C19H22F5N/c1-25-9-8-17-7-3-2-4-14(17)16(25)10-12-5-6-13(11-15(12)17)18(20,21)19(22,23)24/h5-6,11,14,16H,2-4,7-10H2,1H3/t14-,16+,17+/m1/s1/i1D3. The highest BCUT2D eigenvalue weighted by Gasteiger charge is 2.60. The molecule has 0 amide bonds. The molecule has 0 radical (unpaired) electrons. The van der Waals surface area contributed by atoms with Gasteiger partial charge in [-0.05, 0) is 62.3 Å². The van der Waals surface area contributed by atoms with Gasteiger partial charge in [0.15, 0.2) is 0 Å². The highest BCUT2D eigenvalue weighted by molar-refractivity contribution is 5.45. The number of nitrogens with zero attached hydrogens (tertiary/aromatic N) is 1. The third kappa shape index (κ3) is 2.36. The van der Waals surface area contributed by atoms with E-state index in [4.69, 9.17) is 4.11 Å². The maximum atomic E-state index is 14.0. The van der Waals surface area contributed by atoms with Crippen LogP contribution in [0.5, 0.6) is 0 Å². The zero-order chi connectivity index (χ0) is 20.5. The van der Waals surface area contributed by atoms with Gasteiger partial charge >= 0.3 is 12.1 Å². The van der Waals surface area contributed by atoms with Crippen LogP contribution < -0.4 is 0 Å². The molecule has 2 aliphatic carbocycles. The van der Waals surface area contributed by atoms with Gasteiger partial charge in [0.2, 0.25) is 0 Å². The Balaban J connectivity index is 1.83. The van der Waals surface area contributed by atoms with E-state index in [-0.39, 0.29) is 12.0 Å². The van der Waals surface area contributed by atoms with Gasteiger partial charge in [0.05, 0.1) is 0 Å². The lowest BCUT2D eigenvalue weighted by Gasteiger charge is -2.58. The molecule has 1 aromatic carbocycles. The second-order valence-electron chi connectivity index (χ2n) is 7.67. The Bertz CT molecular complexity index is 776. The van der Waals surface area contributed by atoms with Crippen LogP contribution in [0.3, 0.4) is 0 Å². The minimum Gasteiger partial charge on any atom is -0.303 e. The second-order valence-corrected chi connectivity index (χ2v) is 7.67. The predicted molar refractivity (Wildman–Crippen MR) is 84.8 cm³/mol. The number of piperidine rings is 1. The molecule has 1 saturated carbocycles. The first-order chi connectivity index (χ1) is 12.9. The van der Waals surface area contributed by atoms with E-state index in [0.717, 1.165) is 31.4 Å². The average molecular weight is 362 g/mol. The van der Waals surface area contributed by atoms with E-state index in [9.17, 15) is 22.0 Å². The summed E-state index contributed by atoms with van der Waals surface area (Å²) in [5.41, 5.74) is -0.233. The summed E-state index contributed by atoms with van der Waals surface area (Å²) >= 11 is 0. The molecule has 25 heavy (non-hydrogen) atoms. The number of hydrogen-bond acceptors (Lipinski definition) is 1. The number of likely N-dealkylation sites (tertiary alicyclic amines) is 1. The predicted octanol–water partition coefficient (Wildman–Crippen LogP) is 5.03. The molecule has 0 spiro atoms. The largest absolute Gasteiger partial charge is 0.458 e. The van der Waals surface area contributed by atoms with Gasteiger partial charge in [-0.15, -0.1) is 0 Å². The lowest BCUT2D eigenvalue weighted by molar-refractivity contribution is -0.289. The molecule has 6 heteroatoms. The van der Waals surface area contributed by atoms with Gasteiger partial charge in [-0.25, -0.2) is 0 Å². The Kier molecular flexibility index (Phi) is 3.02. The van der Waals surface area contributed by atoms with Crippen LogP contribution in [-0.2, 0) is 17.8 Å². The number of alkyl halides is 5. The van der Waals surface area contributed by atoms with Crippen molar-refractivity contribution in [1.29, 1.82) is 0 Å². The van der Waals surface area contributed by atoms with E-state index >= 15 is 0 Å². The van der Waals surface area contributed by atoms with Crippen LogP contribution in [0.15, 0.2) is 18.2 Å². The van der Waals surface area contributed by atoms with Crippen molar-refractivity contribution in [3.8, 4) is 0 Å². The van der Waals surface area contributed by atoms with Gasteiger partial charge < -0.3 is 4.90 Å². The summed E-state index contributed by atoms with van der Waals surface area (Å²) < 4.78 is 90.2. The Morgan fingerprint density at radius 1 is 1.16 bits per heavy atom. The van der Waals surface area contributed by atoms with Gasteiger partial charge in [0.1, 0.15) is 0 Å². The van der Waals surface area contributed by atoms with Crippen LogP contribution in [0.4, 0.5) is 22.0 Å². The first-order valence-electron chi connectivity index (χ1n) is 10.2. The molecule has 0 aromatic heterocycles. The summed E-state index contributed by atoms with van der Waals surface area (Å²) in [6.45, 7) is -1.94. The van der Waals surface area contributed by atoms with E-state index in [1.807, 2.05) is 0 Å². The molecule has 1 aromatic rings. The summed E-state index contributed by atoms with van der Waals surface area (Å²) in [5, 5.41) is 0. The van der Waals surface area contributed by atoms with Crippen molar-refractivity contribution >= 4 is 0 Å². The Labute approximate surface area is 148 Å². The summed E-state index contributed by atoms with van der Waals surface area (Å²) in [5.74, 6) is -4.93. The zero-order valence-electron chi connectivity index (χ0n) is 16.7. The number of likely N-dealkylation sites (N-methyl/N-ethyl adjacent to an activating group) is 1. The third-order valence-corrected chi connectivity index (χ3v) is 6.56. The average Bonchev–Trinajstić information content (AvgIpc) is 2.59. The van der Waals surface area contributed by atoms with E-state index in [1.54, 1.807) is 0 Å². The molecule has 0 N–H and O–H groups in total. The SMILES string of the molecule is [2H]C([2H])([2H])N1CC[C@@]23CCCC[C@@H]2[C@@H]1Cc1ccc(C(F)(F)C(F)(F)F)cc13. The second kappa shape index (κ2) is 5.41. The Hall–Kier alpha value is -1.17. The molecule has 1 saturated heterocycles. The van der Waals surface area contributed by atoms with Crippen LogP contribution >= 0.6 is 0 Å². The minimum atomic E-state index is -5.65. The molecule has 1 heterocycles. The van der Waals surface area contributed by atoms with E-state index < -0.39 is 30.1 Å². The summed E-state index contributed by atoms with van der Waals surface area (Å²) in [7, 11) is 0. The van der Waals surface area contributed by atoms with E-state index in [1.165, 1.54) is 11.0 Å². The van der Waals surface area contributed by atoms with E-state index in [2.05, 4.69) is 0 Å². The van der Waals surface area contributed by atoms with Crippen molar-refractivity contribution in [3.05, 3.63) is 34.9 Å². The first kappa shape index (κ1) is 14.0. The highest BCUT2D eigenvalue weighted by atomic mass is 19.4. The molecule has 0 unspecified atom stereocenters. The van der Waals surface area contributed by atoms with Crippen molar-refractivity contribution in [1.82, 2.24) is 4.90 Å². The molecule has 4 rings (SSSR count). The molecule has 1 aliphatic heterocycles. The van der Waals surface area contributed by atoms with Crippen molar-refractivity contribution in [2.45, 2.75) is 62.1 Å². The van der Waals surface area contributed by atoms with Crippen molar-refractivity contribution < 1.29 is 26.1 Å². The zero-order valence-corrected chi connectivity index (χ0v) is 13.7. The Morgan fingerprint density at radius 2 is 1.96 bits per heavy atom. The number of hydrogen-bond donors (Lipinski definition) is 0. The summed E-state index contributed by atoms with van der Waals surface area (Å²) in [6, 6.07) is 3.03. The van der Waals surface area contributed by atoms with Crippen molar-refractivity contribution in [2.24, 2.45) is 5.92 Å². The van der Waals surface area contributed by atoms with E-state index in [0.29, 0.717) is 36.9 Å². The summed E-state index contributed by atoms with van der Waals surface area (Å²) in [6.07, 6.45) is -1.53. The van der Waals surface area contributed by atoms with Crippen LogP contribution in [0.1, 0.15) is 52.9 Å². The molecular formula is C19H22F5N. The fourth-order valence-corrected chi connectivity index (χ4v) is 5.36. The summed E-state index contributed by atoms with van der Waals surface area (Å²) in [4.78, 5) is 1.53. The van der Waals surface area contributed by atoms with Gasteiger partial charge in [-0.3, -0.25) is 0 Å². The monoisotopic (exact) mass is 362 g/mol. The number of fused-ring (bicyclic) bond motifs is 1. The van der Waals surface area contributed by atoms with Crippen LogP contribution in [0.25, 0.3) is 0 Å². The van der Waals surface area contributed by atoms with Crippen LogP contribution in [-0.4, -0.2) is 30.6 Å². The maximum absolute atomic E-state index is 14.0. The Morgan fingerprint density at radius 3 is 2.68 bits per heavy atom. The topological polar surface area (TPSA) is 3.24 Å². The maximum Gasteiger partial charge on any atom is 0.458 e. The smallest absolute Gasteiger partial charge is 0.303 e. The van der Waals surface area contributed by atoms with Gasteiger partial charge in [-0.1, -0.05) is 25.0 Å². The van der Waals surface area contributed by atoms with Crippen molar-refractivity contribution in [2.75, 3.05) is 13.5 Å². The molecule has 138 valence electrons. The lowest BCUT2D eigenvalue weighted by Crippen LogP contribution is -2.59. The molecule has 2 bridgehead atoms. The third-order valence-electron chi connectivity index (χ3n) is 6.56. The fraction of sp³-hybridized carbons (Fsp3) is 0.684. The minimum absolute atomic E-state index is 0.0299. The quantitative estimate of drug-likeness (QED) is 0.634. The first-order valence-corrected chi connectivity index (χ1v) is 8.73. The number of rotatable bonds is 1. The number of benzene rings is 1. The van der Waals surface area contributed by atoms with Gasteiger partial charge in [0, 0.05) is 21.1 Å². The van der Waals surface area contributed by atoms with Gasteiger partial charge in [0.25, 0.3) is 0 Å². The molecule has 3 aliphatic rings. The molecule has 3 atom stereocenters. The lowest BCUT2D eigenvalue weighted by atomic mass is 9.52. The number of halogens is 5. The molecule has 1 nitrogen and oxygen atoms in total. The molecule has 2 fully saturated rings. The van der Waals surface area contributed by atoms with Crippen LogP contribution in [0.2, 0.25) is 0 Å². The molecular weight excluding hydrogens is 337 g/mol. The van der Waals surface area contributed by atoms with Gasteiger partial charge in [-0.2, -0.15) is 22.0 Å².